The van der Waals surface area contributed by atoms with Gasteiger partial charge in [0.05, 0.1) is 0 Å². The maximum atomic E-state index is 12.8. The van der Waals surface area contributed by atoms with E-state index in [4.69, 9.17) is 14.2 Å². The zero-order valence-corrected chi connectivity index (χ0v) is 43.1. The predicted molar refractivity (Wildman–Crippen MR) is 275 cm³/mol. The monoisotopic (exact) mass is 901 g/mol. The molecular formula is C58H108O6. The molecule has 0 radical (unpaired) electrons. The molecule has 1 unspecified atom stereocenters. The van der Waals surface area contributed by atoms with Crippen molar-refractivity contribution in [2.24, 2.45) is 0 Å². The van der Waals surface area contributed by atoms with Gasteiger partial charge in [-0.1, -0.05) is 270 Å². The van der Waals surface area contributed by atoms with Crippen LogP contribution in [0.1, 0.15) is 310 Å². The zero-order chi connectivity index (χ0) is 46.5. The lowest BCUT2D eigenvalue weighted by Gasteiger charge is -2.18. The highest BCUT2D eigenvalue weighted by Crippen LogP contribution is 2.17. The third kappa shape index (κ3) is 50.9. The number of hydrogen-bond acceptors (Lipinski definition) is 6. The largest absolute Gasteiger partial charge is 0.462 e. The van der Waals surface area contributed by atoms with Crippen LogP contribution in [0.15, 0.2) is 24.3 Å². The van der Waals surface area contributed by atoms with Crippen molar-refractivity contribution in [1.29, 1.82) is 0 Å². The maximum absolute atomic E-state index is 12.8. The van der Waals surface area contributed by atoms with Gasteiger partial charge in [-0.25, -0.2) is 0 Å². The van der Waals surface area contributed by atoms with Gasteiger partial charge in [0.25, 0.3) is 0 Å². The molecule has 0 saturated heterocycles. The normalized spacial score (nSPS) is 12.1. The van der Waals surface area contributed by atoms with Crippen LogP contribution in [0.3, 0.4) is 0 Å². The lowest BCUT2D eigenvalue weighted by molar-refractivity contribution is -0.167. The van der Waals surface area contributed by atoms with E-state index in [9.17, 15) is 14.4 Å². The molecule has 0 aromatic carbocycles. The van der Waals surface area contributed by atoms with Gasteiger partial charge in [-0.15, -0.1) is 0 Å². The molecule has 0 N–H and O–H groups in total. The van der Waals surface area contributed by atoms with Crippen LogP contribution in [0.4, 0.5) is 0 Å². The number of carbonyl (C=O) groups is 3. The molecule has 1 atom stereocenters. The number of hydrogen-bond donors (Lipinski definition) is 0. The van der Waals surface area contributed by atoms with E-state index in [2.05, 4.69) is 45.1 Å². The number of allylic oxidation sites excluding steroid dienone is 4. The molecule has 0 amide bonds. The van der Waals surface area contributed by atoms with Crippen LogP contribution in [0.5, 0.6) is 0 Å². The molecule has 0 spiro atoms. The Balaban J connectivity index is 4.32. The number of unbranched alkanes of at least 4 members (excludes halogenated alkanes) is 37. The summed E-state index contributed by atoms with van der Waals surface area (Å²) in [6, 6.07) is 0. The smallest absolute Gasteiger partial charge is 0.306 e. The summed E-state index contributed by atoms with van der Waals surface area (Å²) in [5.74, 6) is -0.864. The summed E-state index contributed by atoms with van der Waals surface area (Å²) in [5.41, 5.74) is 0. The van der Waals surface area contributed by atoms with Crippen LogP contribution in [0, 0.1) is 0 Å². The third-order valence-corrected chi connectivity index (χ3v) is 12.7. The van der Waals surface area contributed by atoms with Crippen LogP contribution in [0.2, 0.25) is 0 Å². The number of carbonyl (C=O) groups excluding carboxylic acids is 3. The van der Waals surface area contributed by atoms with Crippen LogP contribution in [-0.4, -0.2) is 37.2 Å². The second-order valence-electron chi connectivity index (χ2n) is 19.2. The van der Waals surface area contributed by atoms with Crippen molar-refractivity contribution in [3.05, 3.63) is 24.3 Å². The molecule has 0 heterocycles. The molecule has 0 rings (SSSR count). The van der Waals surface area contributed by atoms with Crippen molar-refractivity contribution in [3.63, 3.8) is 0 Å². The summed E-state index contributed by atoms with van der Waals surface area (Å²) in [6.07, 6.45) is 61.6. The Hall–Kier alpha value is -2.11. The molecule has 0 saturated carbocycles. The molecule has 376 valence electrons. The van der Waals surface area contributed by atoms with Gasteiger partial charge in [0, 0.05) is 19.3 Å². The average molecular weight is 901 g/mol. The molecular weight excluding hydrogens is 793 g/mol. The van der Waals surface area contributed by atoms with Crippen molar-refractivity contribution in [2.45, 2.75) is 316 Å². The molecule has 6 nitrogen and oxygen atoms in total. The van der Waals surface area contributed by atoms with Crippen molar-refractivity contribution in [2.75, 3.05) is 13.2 Å². The minimum atomic E-state index is -0.771. The molecule has 6 heteroatoms. The fourth-order valence-electron chi connectivity index (χ4n) is 8.42. The standard InChI is InChI=1S/C58H108O6/c1-4-7-10-13-16-19-22-25-27-29-31-33-36-39-42-45-48-51-57(60)63-54-55(53-62-56(59)50-47-44-41-38-35-32-24-21-18-15-12-9-6-3)64-58(61)52-49-46-43-40-37-34-30-28-26-23-20-17-14-11-8-5-2/h12,15,21,24,55H,4-11,13-14,16-20,22-23,25-54H2,1-3H3/b15-12-,24-21-. The van der Waals surface area contributed by atoms with E-state index in [1.165, 1.54) is 186 Å². The highest BCUT2D eigenvalue weighted by atomic mass is 16.6. The van der Waals surface area contributed by atoms with Crippen molar-refractivity contribution >= 4 is 17.9 Å². The quantitative estimate of drug-likeness (QED) is 0.0262. The molecule has 0 aliphatic heterocycles. The van der Waals surface area contributed by atoms with Gasteiger partial charge in [0.2, 0.25) is 0 Å². The minimum absolute atomic E-state index is 0.0702. The fourth-order valence-corrected chi connectivity index (χ4v) is 8.42. The molecule has 0 aliphatic rings. The van der Waals surface area contributed by atoms with E-state index in [0.717, 1.165) is 83.5 Å². The molecule has 0 bridgehead atoms. The van der Waals surface area contributed by atoms with Crippen LogP contribution in [-0.2, 0) is 28.6 Å². The Morgan fingerprint density at radius 3 is 0.922 bits per heavy atom. The first-order valence-electron chi connectivity index (χ1n) is 28.3. The topological polar surface area (TPSA) is 78.9 Å². The van der Waals surface area contributed by atoms with Gasteiger partial charge in [-0.05, 0) is 44.9 Å². The highest BCUT2D eigenvalue weighted by Gasteiger charge is 2.19. The minimum Gasteiger partial charge on any atom is -0.462 e. The van der Waals surface area contributed by atoms with Crippen molar-refractivity contribution in [3.8, 4) is 0 Å². The average Bonchev–Trinajstić information content (AvgIpc) is 3.29. The summed E-state index contributed by atoms with van der Waals surface area (Å²) in [4.78, 5) is 38.1. The first-order chi connectivity index (χ1) is 31.5. The van der Waals surface area contributed by atoms with Crippen molar-refractivity contribution in [1.82, 2.24) is 0 Å². The lowest BCUT2D eigenvalue weighted by atomic mass is 10.0. The molecule has 0 aromatic rings. The van der Waals surface area contributed by atoms with Gasteiger partial charge in [-0.3, -0.25) is 14.4 Å². The maximum Gasteiger partial charge on any atom is 0.306 e. The van der Waals surface area contributed by atoms with E-state index in [-0.39, 0.29) is 31.1 Å². The molecule has 0 aliphatic carbocycles. The van der Waals surface area contributed by atoms with Gasteiger partial charge < -0.3 is 14.2 Å². The number of esters is 3. The Morgan fingerprint density at radius 2 is 0.594 bits per heavy atom. The van der Waals surface area contributed by atoms with Gasteiger partial charge in [0.15, 0.2) is 6.10 Å². The number of ether oxygens (including phenoxy) is 3. The van der Waals surface area contributed by atoms with E-state index >= 15 is 0 Å². The van der Waals surface area contributed by atoms with Gasteiger partial charge >= 0.3 is 17.9 Å². The summed E-state index contributed by atoms with van der Waals surface area (Å²) in [7, 11) is 0. The Labute approximate surface area is 398 Å². The molecule has 64 heavy (non-hydrogen) atoms. The van der Waals surface area contributed by atoms with E-state index in [0.29, 0.717) is 19.3 Å². The van der Waals surface area contributed by atoms with E-state index in [1.807, 2.05) is 0 Å². The Kier molecular flexibility index (Phi) is 51.7. The van der Waals surface area contributed by atoms with Crippen LogP contribution < -0.4 is 0 Å². The lowest BCUT2D eigenvalue weighted by Crippen LogP contribution is -2.30. The molecule has 0 fully saturated rings. The highest BCUT2D eigenvalue weighted by molar-refractivity contribution is 5.71. The van der Waals surface area contributed by atoms with Crippen molar-refractivity contribution < 1.29 is 28.6 Å². The first-order valence-corrected chi connectivity index (χ1v) is 28.3. The molecule has 0 aromatic heterocycles. The van der Waals surface area contributed by atoms with E-state index < -0.39 is 6.10 Å². The third-order valence-electron chi connectivity index (χ3n) is 12.7. The summed E-state index contributed by atoms with van der Waals surface area (Å²) >= 11 is 0. The second kappa shape index (κ2) is 53.5. The van der Waals surface area contributed by atoms with Crippen LogP contribution in [0.25, 0.3) is 0 Å². The summed E-state index contributed by atoms with van der Waals surface area (Å²) < 4.78 is 16.9. The van der Waals surface area contributed by atoms with Crippen LogP contribution >= 0.6 is 0 Å². The summed E-state index contributed by atoms with van der Waals surface area (Å²) in [6.45, 7) is 6.61. The first kappa shape index (κ1) is 61.9. The fraction of sp³-hybridized carbons (Fsp3) is 0.879. The SMILES string of the molecule is CCC/C=C\C/C=C\CCCCCCCC(=O)OCC(COC(=O)CCCCCCCCCCCCCCCCCCC)OC(=O)CCCCCCCCCCCCCCCCCC. The predicted octanol–water partition coefficient (Wildman–Crippen LogP) is 18.7. The van der Waals surface area contributed by atoms with Gasteiger partial charge in [0.1, 0.15) is 13.2 Å². The Morgan fingerprint density at radius 1 is 0.312 bits per heavy atom. The Bertz CT molecular complexity index is 1040. The summed E-state index contributed by atoms with van der Waals surface area (Å²) in [5, 5.41) is 0. The number of rotatable bonds is 52. The zero-order valence-electron chi connectivity index (χ0n) is 43.1. The second-order valence-corrected chi connectivity index (χ2v) is 19.2. The van der Waals surface area contributed by atoms with E-state index in [1.54, 1.807) is 0 Å². The van der Waals surface area contributed by atoms with Gasteiger partial charge in [-0.2, -0.15) is 0 Å².